The first kappa shape index (κ1) is 23.4. The van der Waals surface area contributed by atoms with Crippen molar-refractivity contribution in [2.45, 2.75) is 52.5 Å². The lowest BCUT2D eigenvalue weighted by Crippen LogP contribution is -2.29. The molecule has 2 rings (SSSR count). The number of hydrogen-bond donors (Lipinski definition) is 2. The molecule has 0 fully saturated rings. The summed E-state index contributed by atoms with van der Waals surface area (Å²) in [6.07, 6.45) is 3.04. The molecular weight excluding hydrogens is 400 g/mol. The molecule has 2 aromatic carbocycles. The van der Waals surface area contributed by atoms with Crippen LogP contribution < -0.4 is 10.0 Å². The molecule has 0 aromatic heterocycles. The maximum atomic E-state index is 11.3. The fourth-order valence-electron chi connectivity index (χ4n) is 3.09. The largest absolute Gasteiger partial charge is 0.375 e. The van der Waals surface area contributed by atoms with E-state index < -0.39 is 10.0 Å². The third-order valence-electron chi connectivity index (χ3n) is 4.89. The monoisotopic (exact) mass is 432 g/mol. The van der Waals surface area contributed by atoms with Gasteiger partial charge in [0.15, 0.2) is 0 Å². The number of sulfonamides is 1. The van der Waals surface area contributed by atoms with E-state index in [1.165, 1.54) is 11.1 Å². The van der Waals surface area contributed by atoms with Crippen LogP contribution in [0.3, 0.4) is 0 Å². The van der Waals surface area contributed by atoms with E-state index in [-0.39, 0.29) is 11.3 Å². The van der Waals surface area contributed by atoms with Gasteiger partial charge in [-0.2, -0.15) is 0 Å². The molecule has 0 aliphatic heterocycles. The first-order valence-corrected chi connectivity index (χ1v) is 12.2. The van der Waals surface area contributed by atoms with Gasteiger partial charge in [0, 0.05) is 18.2 Å². The molecule has 6 heteroatoms. The minimum Gasteiger partial charge on any atom is -0.375 e. The minimum absolute atomic E-state index is 0.159. The molecule has 0 radical (unpaired) electrons. The van der Waals surface area contributed by atoms with E-state index in [9.17, 15) is 8.42 Å². The van der Waals surface area contributed by atoms with E-state index >= 15 is 0 Å². The molecule has 0 aliphatic carbocycles. The predicted octanol–water partition coefficient (Wildman–Crippen LogP) is 5.04. The smallest absolute Gasteiger partial charge is 0.229 e. The average Bonchev–Trinajstić information content (AvgIpc) is 2.63. The molecule has 0 saturated heterocycles. The Morgan fingerprint density at radius 3 is 2.03 bits per heavy atom. The SMILES string of the molecule is CCC(Cc1ccc(C(C)(C)C)cc1)C(=S)NCc1ccc(NS(C)(=O)=O)cc1. The molecule has 2 N–H and O–H groups in total. The summed E-state index contributed by atoms with van der Waals surface area (Å²) >= 11 is 5.65. The first-order valence-electron chi connectivity index (χ1n) is 9.92. The third kappa shape index (κ3) is 7.78. The molecule has 0 saturated carbocycles. The van der Waals surface area contributed by atoms with Crippen molar-refractivity contribution in [3.8, 4) is 0 Å². The van der Waals surface area contributed by atoms with Crippen molar-refractivity contribution in [1.82, 2.24) is 5.32 Å². The Morgan fingerprint density at radius 2 is 1.55 bits per heavy atom. The Kier molecular flexibility index (Phi) is 7.83. The lowest BCUT2D eigenvalue weighted by Gasteiger charge is -2.21. The molecule has 0 heterocycles. The van der Waals surface area contributed by atoms with Crippen LogP contribution in [0.4, 0.5) is 5.69 Å². The summed E-state index contributed by atoms with van der Waals surface area (Å²) in [7, 11) is -3.26. The van der Waals surface area contributed by atoms with Gasteiger partial charge in [0.25, 0.3) is 0 Å². The number of thiocarbonyl (C=S) groups is 1. The first-order chi connectivity index (χ1) is 13.5. The van der Waals surface area contributed by atoms with Crippen LogP contribution >= 0.6 is 12.2 Å². The van der Waals surface area contributed by atoms with Crippen molar-refractivity contribution < 1.29 is 8.42 Å². The molecule has 0 spiro atoms. The third-order valence-corrected chi connectivity index (χ3v) is 5.97. The highest BCUT2D eigenvalue weighted by Gasteiger charge is 2.16. The summed E-state index contributed by atoms with van der Waals surface area (Å²) in [4.78, 5) is 0.866. The van der Waals surface area contributed by atoms with E-state index in [4.69, 9.17) is 12.2 Å². The number of hydrogen-bond acceptors (Lipinski definition) is 3. The van der Waals surface area contributed by atoms with Crippen molar-refractivity contribution in [3.63, 3.8) is 0 Å². The van der Waals surface area contributed by atoms with Gasteiger partial charge >= 0.3 is 0 Å². The van der Waals surface area contributed by atoms with E-state index in [0.717, 1.165) is 29.6 Å². The van der Waals surface area contributed by atoms with Gasteiger partial charge in [0.1, 0.15) is 0 Å². The number of nitrogens with one attached hydrogen (secondary N) is 2. The fourth-order valence-corrected chi connectivity index (χ4v) is 3.97. The van der Waals surface area contributed by atoms with E-state index in [1.54, 1.807) is 12.1 Å². The Labute approximate surface area is 181 Å². The van der Waals surface area contributed by atoms with E-state index in [0.29, 0.717) is 12.2 Å². The summed E-state index contributed by atoms with van der Waals surface area (Å²) < 4.78 is 25.0. The van der Waals surface area contributed by atoms with Crippen LogP contribution in [0.2, 0.25) is 0 Å². The zero-order chi connectivity index (χ0) is 21.7. The van der Waals surface area contributed by atoms with Crippen LogP contribution in [0, 0.1) is 5.92 Å². The van der Waals surface area contributed by atoms with Crippen LogP contribution in [0.1, 0.15) is 50.8 Å². The minimum atomic E-state index is -3.26. The van der Waals surface area contributed by atoms with Gasteiger partial charge < -0.3 is 5.32 Å². The van der Waals surface area contributed by atoms with Gasteiger partial charge in [-0.05, 0) is 47.1 Å². The van der Waals surface area contributed by atoms with Gasteiger partial charge in [-0.15, -0.1) is 0 Å². The Balaban J connectivity index is 1.92. The summed E-state index contributed by atoms with van der Waals surface area (Å²) in [5.41, 5.74) is 4.40. The van der Waals surface area contributed by atoms with Crippen LogP contribution in [0.25, 0.3) is 0 Å². The van der Waals surface area contributed by atoms with Crippen molar-refractivity contribution >= 4 is 32.9 Å². The summed E-state index contributed by atoms with van der Waals surface area (Å²) in [5, 5.41) is 3.37. The quantitative estimate of drug-likeness (QED) is 0.574. The Morgan fingerprint density at radius 1 is 1.00 bits per heavy atom. The average molecular weight is 433 g/mol. The van der Waals surface area contributed by atoms with Crippen molar-refractivity contribution in [3.05, 3.63) is 65.2 Å². The number of benzene rings is 2. The van der Waals surface area contributed by atoms with Crippen molar-refractivity contribution in [1.29, 1.82) is 0 Å². The summed E-state index contributed by atoms with van der Waals surface area (Å²) in [6, 6.07) is 16.2. The molecule has 2 aromatic rings. The molecule has 0 bridgehead atoms. The highest BCUT2D eigenvalue weighted by molar-refractivity contribution is 7.92. The lowest BCUT2D eigenvalue weighted by atomic mass is 9.86. The van der Waals surface area contributed by atoms with Crippen molar-refractivity contribution in [2.24, 2.45) is 5.92 Å². The van der Waals surface area contributed by atoms with Gasteiger partial charge in [-0.3, -0.25) is 4.72 Å². The lowest BCUT2D eigenvalue weighted by molar-refractivity contribution is 0.589. The predicted molar refractivity (Wildman–Crippen MR) is 127 cm³/mol. The Hall–Kier alpha value is -1.92. The maximum absolute atomic E-state index is 11.3. The van der Waals surface area contributed by atoms with Crippen LogP contribution in [-0.2, 0) is 28.4 Å². The van der Waals surface area contributed by atoms with Gasteiger partial charge in [-0.25, -0.2) is 8.42 Å². The van der Waals surface area contributed by atoms with Gasteiger partial charge in [-0.1, -0.05) is 76.3 Å². The van der Waals surface area contributed by atoms with Gasteiger partial charge in [0.05, 0.1) is 11.2 Å². The second-order valence-corrected chi connectivity index (χ2v) is 10.7. The fraction of sp³-hybridized carbons (Fsp3) is 0.435. The molecule has 4 nitrogen and oxygen atoms in total. The molecular formula is C23H32N2O2S2. The summed E-state index contributed by atoms with van der Waals surface area (Å²) in [5.74, 6) is 0.289. The summed E-state index contributed by atoms with van der Waals surface area (Å²) in [6.45, 7) is 9.45. The van der Waals surface area contributed by atoms with E-state index in [2.05, 4.69) is 62.0 Å². The van der Waals surface area contributed by atoms with Gasteiger partial charge in [0.2, 0.25) is 10.0 Å². The zero-order valence-corrected chi connectivity index (χ0v) is 19.6. The van der Waals surface area contributed by atoms with Crippen LogP contribution in [0.5, 0.6) is 0 Å². The normalized spacial score (nSPS) is 13.0. The molecule has 158 valence electrons. The van der Waals surface area contributed by atoms with Crippen LogP contribution in [0.15, 0.2) is 48.5 Å². The second kappa shape index (κ2) is 9.72. The molecule has 29 heavy (non-hydrogen) atoms. The highest BCUT2D eigenvalue weighted by Crippen LogP contribution is 2.23. The number of anilines is 1. The molecule has 0 amide bonds. The van der Waals surface area contributed by atoms with Crippen LogP contribution in [-0.4, -0.2) is 19.7 Å². The number of rotatable bonds is 8. The van der Waals surface area contributed by atoms with Crippen molar-refractivity contribution in [2.75, 3.05) is 11.0 Å². The topological polar surface area (TPSA) is 58.2 Å². The van der Waals surface area contributed by atoms with E-state index in [1.807, 2.05) is 12.1 Å². The molecule has 1 unspecified atom stereocenters. The highest BCUT2D eigenvalue weighted by atomic mass is 32.2. The second-order valence-electron chi connectivity index (χ2n) is 8.55. The Bertz CT molecular complexity index is 913. The maximum Gasteiger partial charge on any atom is 0.229 e. The molecule has 1 atom stereocenters. The standard InChI is InChI=1S/C23H32N2O2S2/c1-6-19(15-17-7-11-20(12-8-17)23(2,3)4)22(28)24-16-18-9-13-21(14-10-18)25-29(5,26)27/h7-14,19,25H,6,15-16H2,1-5H3,(H,24,28). The zero-order valence-electron chi connectivity index (χ0n) is 18.0. The molecule has 0 aliphatic rings.